The van der Waals surface area contributed by atoms with Gasteiger partial charge in [0, 0.05) is 61.0 Å². The van der Waals surface area contributed by atoms with Crippen molar-refractivity contribution in [1.29, 1.82) is 0 Å². The fourth-order valence-electron chi connectivity index (χ4n) is 4.13. The Hall–Kier alpha value is -6.76. The smallest absolute Gasteiger partial charge is 0.336 e. The minimum absolute atomic E-state index is 0.0317. The van der Waals surface area contributed by atoms with Crippen molar-refractivity contribution < 1.29 is 65.4 Å². The van der Waals surface area contributed by atoms with Crippen LogP contribution in [0.1, 0.15) is 79.4 Å². The van der Waals surface area contributed by atoms with E-state index in [1.165, 1.54) is 62.6 Å². The van der Waals surface area contributed by atoms with Crippen molar-refractivity contribution in [3.63, 3.8) is 0 Å². The number of benzene rings is 2. The summed E-state index contributed by atoms with van der Waals surface area (Å²) in [6.45, 7) is 11.8. The zero-order valence-electron chi connectivity index (χ0n) is 35.2. The van der Waals surface area contributed by atoms with Gasteiger partial charge in [0.05, 0.1) is 54.3 Å². The van der Waals surface area contributed by atoms with Gasteiger partial charge < -0.3 is 35.1 Å². The molecule has 4 N–H and O–H groups in total. The molecule has 19 heteroatoms. The molecule has 0 fully saturated rings. The molecule has 0 aromatic heterocycles. The Morgan fingerprint density at radius 1 is 0.877 bits per heavy atom. The predicted octanol–water partition coefficient (Wildman–Crippen LogP) is 4.52. The lowest BCUT2D eigenvalue weighted by Gasteiger charge is -2.30. The molecule has 2 aromatic carbocycles. The average Bonchev–Trinajstić information content (AvgIpc) is 3.15. The summed E-state index contributed by atoms with van der Waals surface area (Å²) < 4.78 is 34.5. The number of nitrogens with one attached hydrogen (secondary N) is 1. The normalized spacial score (nSPS) is 14.5. The number of rotatable bonds is 11. The molecule has 2 aromatic rings. The van der Waals surface area contributed by atoms with Crippen LogP contribution in [0.3, 0.4) is 0 Å². The van der Waals surface area contributed by atoms with Gasteiger partial charge in [0.2, 0.25) is 0 Å². The van der Waals surface area contributed by atoms with Gasteiger partial charge in [0.25, 0.3) is 11.4 Å². The first-order valence-corrected chi connectivity index (χ1v) is 16.8. The maximum atomic E-state index is 12.6. The SMILES string of the molecule is CCO.CCOC(=O)CC(C)=O.COC(=O)/C=C(/C)N.[2H]C(=O)c1cccc([N+](=O)[O-])c1.[2H]C1(c2cccc([N+](=O)[O-])c2)C(C(=O)OC)=C(C)NC(C)=C1C(=O)OCC. The molecule has 0 saturated carbocycles. The fraction of sp³-hybridized carbons (Fsp3) is 0.368. The number of Topliss-reactive ketones (excluding diaryl/α,β-unsaturated/α-hetero) is 1. The van der Waals surface area contributed by atoms with Crippen molar-refractivity contribution in [2.45, 2.75) is 60.8 Å². The number of nitro groups is 2. The number of carbonyl (C=O) groups excluding carboxylic acids is 6. The van der Waals surface area contributed by atoms with Crippen LogP contribution in [-0.2, 0) is 42.9 Å². The average molecular weight is 805 g/mol. The molecule has 0 bridgehead atoms. The number of ketones is 1. The van der Waals surface area contributed by atoms with E-state index < -0.39 is 45.9 Å². The summed E-state index contributed by atoms with van der Waals surface area (Å²) in [5, 5.41) is 31.9. The first kappa shape index (κ1) is 48.3. The van der Waals surface area contributed by atoms with Crippen LogP contribution in [0, 0.1) is 20.2 Å². The highest BCUT2D eigenvalue weighted by Crippen LogP contribution is 2.40. The zero-order chi connectivity index (χ0) is 46.0. The molecule has 312 valence electrons. The van der Waals surface area contributed by atoms with E-state index in [0.29, 0.717) is 23.7 Å². The lowest BCUT2D eigenvalue weighted by Crippen LogP contribution is -2.32. The van der Waals surface area contributed by atoms with Crippen LogP contribution in [0.2, 0.25) is 0 Å². The van der Waals surface area contributed by atoms with Crippen molar-refractivity contribution >= 4 is 47.3 Å². The summed E-state index contributed by atoms with van der Waals surface area (Å²) in [5.74, 6) is -4.66. The number of nitrogens with two attached hydrogens (primary N) is 1. The number of aliphatic hydroxyl groups is 1. The van der Waals surface area contributed by atoms with Crippen molar-refractivity contribution in [3.05, 3.63) is 114 Å². The monoisotopic (exact) mass is 804 g/mol. The Morgan fingerprint density at radius 3 is 1.77 bits per heavy atom. The van der Waals surface area contributed by atoms with Gasteiger partial charge in [-0.05, 0) is 54.0 Å². The molecular formula is C38H50N4O15. The number of hydrogen-bond acceptors (Lipinski definition) is 17. The Balaban J connectivity index is 0. The van der Waals surface area contributed by atoms with Crippen LogP contribution in [-0.4, -0.2) is 84.9 Å². The third kappa shape index (κ3) is 20.5. The van der Waals surface area contributed by atoms with E-state index >= 15 is 0 Å². The number of carbonyl (C=O) groups is 6. The van der Waals surface area contributed by atoms with Gasteiger partial charge >= 0.3 is 23.9 Å². The molecule has 1 aliphatic heterocycles. The number of hydrogen-bond donors (Lipinski definition) is 3. The van der Waals surface area contributed by atoms with E-state index in [9.17, 15) is 49.0 Å². The molecule has 19 nitrogen and oxygen atoms in total. The number of methoxy groups -OCH3 is 2. The number of aldehydes is 1. The molecule has 3 rings (SSSR count). The van der Waals surface area contributed by atoms with E-state index in [-0.39, 0.29) is 59.1 Å². The van der Waals surface area contributed by atoms with Crippen LogP contribution >= 0.6 is 0 Å². The van der Waals surface area contributed by atoms with Gasteiger partial charge in [-0.15, -0.1) is 0 Å². The first-order valence-electron chi connectivity index (χ1n) is 17.8. The summed E-state index contributed by atoms with van der Waals surface area (Å²) in [4.78, 5) is 86.6. The maximum absolute atomic E-state index is 12.6. The molecular weight excluding hydrogens is 752 g/mol. The van der Waals surface area contributed by atoms with E-state index in [4.69, 9.17) is 23.1 Å². The van der Waals surface area contributed by atoms with Gasteiger partial charge in [-0.3, -0.25) is 34.6 Å². The Kier molecular flexibility index (Phi) is 24.3. The number of esters is 4. The minimum atomic E-state index is -2.04. The van der Waals surface area contributed by atoms with Crippen molar-refractivity contribution in [2.75, 3.05) is 34.0 Å². The lowest BCUT2D eigenvalue weighted by molar-refractivity contribution is -0.385. The van der Waals surface area contributed by atoms with Crippen LogP contribution < -0.4 is 11.1 Å². The third-order valence-electron chi connectivity index (χ3n) is 6.26. The summed E-state index contributed by atoms with van der Waals surface area (Å²) in [5.41, 5.74) is 5.63. The van der Waals surface area contributed by atoms with Gasteiger partial charge in [-0.1, -0.05) is 24.3 Å². The molecule has 1 heterocycles. The molecule has 0 amide bonds. The predicted molar refractivity (Wildman–Crippen MR) is 206 cm³/mol. The summed E-state index contributed by atoms with van der Waals surface area (Å²) in [6, 6.07) is 10.4. The second-order valence-corrected chi connectivity index (χ2v) is 10.8. The topological polar surface area (TPSA) is 284 Å². The minimum Gasteiger partial charge on any atom is -0.466 e. The standard InChI is InChI=1S/C18H20N2O6.C7H5NO3.C6H10O3.C5H9NO2.C2H6O/c1-5-26-18(22)15-11(3)19-10(2)14(17(21)25-4)16(15)12-7-6-8-13(9-12)20(23)24;9-5-6-2-1-3-7(4-6)8(10)11;1-3-9-6(8)4-5(2)7;1-4(6)3-5(7)8-2;1-2-3/h6-9,16,19H,5H2,1-4H3;1-5H;3-4H2,1-2H3;3H,6H2,1-2H3;3H,2H2,1H3/b;;;4-3-;/i16D;5D;;;. The Labute approximate surface area is 332 Å². The largest absolute Gasteiger partial charge is 0.466 e. The second-order valence-electron chi connectivity index (χ2n) is 10.8. The van der Waals surface area contributed by atoms with Crippen molar-refractivity contribution in [3.8, 4) is 0 Å². The zero-order valence-corrected chi connectivity index (χ0v) is 33.2. The van der Waals surface area contributed by atoms with E-state index in [2.05, 4.69) is 14.8 Å². The molecule has 0 saturated heterocycles. The summed E-state index contributed by atoms with van der Waals surface area (Å²) in [7, 11) is 2.47. The van der Waals surface area contributed by atoms with Crippen LogP contribution in [0.5, 0.6) is 0 Å². The van der Waals surface area contributed by atoms with Gasteiger partial charge in [-0.25, -0.2) is 14.4 Å². The molecule has 1 atom stereocenters. The van der Waals surface area contributed by atoms with Gasteiger partial charge in [0.15, 0.2) is 0 Å². The van der Waals surface area contributed by atoms with E-state index in [1.807, 2.05) is 0 Å². The van der Waals surface area contributed by atoms with E-state index in [0.717, 1.165) is 13.2 Å². The second kappa shape index (κ2) is 28.7. The number of nitro benzene ring substituents is 2. The third-order valence-corrected chi connectivity index (χ3v) is 6.26. The quantitative estimate of drug-likeness (QED) is 0.0535. The number of dihydropyridines is 1. The first-order chi connectivity index (χ1) is 27.5. The summed E-state index contributed by atoms with van der Waals surface area (Å²) in [6.07, 6.45) is 0.201. The Bertz CT molecular complexity index is 1900. The molecule has 1 aliphatic rings. The number of nitrogens with zero attached hydrogens (tertiary/aromatic N) is 2. The Morgan fingerprint density at radius 2 is 1.37 bits per heavy atom. The highest BCUT2D eigenvalue weighted by molar-refractivity contribution is 6.00. The molecule has 1 unspecified atom stereocenters. The molecule has 0 radical (unpaired) electrons. The van der Waals surface area contributed by atoms with Crippen molar-refractivity contribution in [1.82, 2.24) is 5.32 Å². The lowest BCUT2D eigenvalue weighted by atomic mass is 9.80. The summed E-state index contributed by atoms with van der Waals surface area (Å²) >= 11 is 0. The van der Waals surface area contributed by atoms with Crippen LogP contribution in [0.15, 0.2) is 82.8 Å². The number of aliphatic hydroxyl groups excluding tert-OH is 1. The highest BCUT2D eigenvalue weighted by atomic mass is 16.6. The fourth-order valence-corrected chi connectivity index (χ4v) is 4.13. The number of non-ortho nitro benzene ring substituents is 2. The van der Waals surface area contributed by atoms with Crippen LogP contribution in [0.25, 0.3) is 0 Å². The highest BCUT2D eigenvalue weighted by Gasteiger charge is 2.38. The number of allylic oxidation sites excluding steroid dienone is 3. The van der Waals surface area contributed by atoms with Crippen molar-refractivity contribution in [2.24, 2.45) is 5.73 Å². The number of ether oxygens (including phenoxy) is 4. The van der Waals surface area contributed by atoms with E-state index in [1.54, 1.807) is 41.5 Å². The van der Waals surface area contributed by atoms with Crippen LogP contribution in [0.4, 0.5) is 11.4 Å². The molecule has 57 heavy (non-hydrogen) atoms. The molecule has 0 aliphatic carbocycles. The van der Waals surface area contributed by atoms with Gasteiger partial charge in [-0.2, -0.15) is 0 Å². The molecule has 0 spiro atoms. The maximum Gasteiger partial charge on any atom is 0.336 e. The van der Waals surface area contributed by atoms with Gasteiger partial charge in [0.1, 0.15) is 19.8 Å².